The monoisotopic (exact) mass is 315 g/mol. The van der Waals surface area contributed by atoms with E-state index in [1.54, 1.807) is 17.5 Å². The van der Waals surface area contributed by atoms with E-state index in [1.165, 1.54) is 5.56 Å². The van der Waals surface area contributed by atoms with Crippen LogP contribution in [0.15, 0.2) is 41.1 Å². The summed E-state index contributed by atoms with van der Waals surface area (Å²) in [5.74, 6) is 0.762. The van der Waals surface area contributed by atoms with E-state index in [2.05, 4.69) is 32.5 Å². The molecule has 0 radical (unpaired) electrons. The van der Waals surface area contributed by atoms with Crippen molar-refractivity contribution < 1.29 is 4.84 Å². The predicted octanol–water partition coefficient (Wildman–Crippen LogP) is 1.81. The molecule has 0 saturated carbocycles. The molecule has 7 heteroatoms. The maximum atomic E-state index is 5.79. The van der Waals surface area contributed by atoms with Crippen molar-refractivity contribution in [2.45, 2.75) is 25.1 Å². The van der Waals surface area contributed by atoms with Gasteiger partial charge in [-0.1, -0.05) is 0 Å². The molecule has 0 aliphatic carbocycles. The van der Waals surface area contributed by atoms with E-state index in [0.717, 1.165) is 43.3 Å². The predicted molar refractivity (Wildman–Crippen MR) is 84.4 cm³/mol. The van der Waals surface area contributed by atoms with Crippen molar-refractivity contribution in [1.82, 2.24) is 20.3 Å². The Morgan fingerprint density at radius 1 is 1.23 bits per heavy atom. The van der Waals surface area contributed by atoms with E-state index in [4.69, 9.17) is 9.83 Å². The third kappa shape index (κ3) is 2.75. The van der Waals surface area contributed by atoms with Crippen LogP contribution in [-0.4, -0.2) is 39.5 Å². The first-order valence-electron chi connectivity index (χ1n) is 7.38. The van der Waals surface area contributed by atoms with E-state index < -0.39 is 5.72 Å². The smallest absolute Gasteiger partial charge is 0.190 e. The minimum atomic E-state index is -0.421. The van der Waals surface area contributed by atoms with Crippen molar-refractivity contribution in [3.8, 4) is 0 Å². The first-order chi connectivity index (χ1) is 10.8. The van der Waals surface area contributed by atoms with Gasteiger partial charge in [0.1, 0.15) is 0 Å². The van der Waals surface area contributed by atoms with Crippen molar-refractivity contribution in [3.63, 3.8) is 0 Å². The van der Waals surface area contributed by atoms with E-state index in [0.29, 0.717) is 0 Å². The maximum Gasteiger partial charge on any atom is 0.190 e. The van der Waals surface area contributed by atoms with Gasteiger partial charge < -0.3 is 0 Å². The number of hydroxylamine groups is 1. The minimum absolute atomic E-state index is 0.421. The van der Waals surface area contributed by atoms with E-state index >= 15 is 0 Å². The van der Waals surface area contributed by atoms with Crippen molar-refractivity contribution >= 4 is 17.2 Å². The van der Waals surface area contributed by atoms with Gasteiger partial charge in [0.05, 0.1) is 0 Å². The van der Waals surface area contributed by atoms with Gasteiger partial charge in [0, 0.05) is 56.4 Å². The Balaban J connectivity index is 1.40. The molecule has 22 heavy (non-hydrogen) atoms. The van der Waals surface area contributed by atoms with Crippen molar-refractivity contribution in [2.75, 3.05) is 13.1 Å². The van der Waals surface area contributed by atoms with Crippen molar-refractivity contribution in [2.24, 2.45) is 4.99 Å². The Bertz CT molecular complexity index is 650. The van der Waals surface area contributed by atoms with Gasteiger partial charge in [-0.05, 0) is 17.7 Å². The maximum absolute atomic E-state index is 5.79. The summed E-state index contributed by atoms with van der Waals surface area (Å²) in [5, 5.41) is 2.83. The van der Waals surface area contributed by atoms with Crippen molar-refractivity contribution in [1.29, 1.82) is 0 Å². The lowest BCUT2D eigenvalue weighted by Gasteiger charge is -2.35. The first-order valence-corrected chi connectivity index (χ1v) is 8.26. The lowest BCUT2D eigenvalue weighted by atomic mass is 10.0. The molecule has 2 aliphatic rings. The second-order valence-electron chi connectivity index (χ2n) is 5.58. The highest BCUT2D eigenvalue weighted by molar-refractivity contribution is 7.11. The number of rotatable bonds is 3. The zero-order chi connectivity index (χ0) is 14.8. The Kier molecular flexibility index (Phi) is 3.61. The molecule has 0 unspecified atom stereocenters. The summed E-state index contributed by atoms with van der Waals surface area (Å²) in [4.78, 5) is 21.3. The average molecular weight is 315 g/mol. The lowest BCUT2D eigenvalue weighted by molar-refractivity contribution is -0.0901. The molecule has 1 spiro atoms. The zero-order valence-corrected chi connectivity index (χ0v) is 12.9. The average Bonchev–Trinajstić information content (AvgIpc) is 3.21. The van der Waals surface area contributed by atoms with Gasteiger partial charge >= 0.3 is 0 Å². The minimum Gasteiger partial charge on any atom is -0.299 e. The number of amidine groups is 1. The number of hydrogen-bond acceptors (Lipinski definition) is 7. The third-order valence-corrected chi connectivity index (χ3v) is 4.86. The van der Waals surface area contributed by atoms with Gasteiger partial charge in [-0.3, -0.25) is 9.88 Å². The van der Waals surface area contributed by atoms with E-state index in [1.807, 2.05) is 17.8 Å². The molecule has 0 atom stereocenters. The molecular weight excluding hydrogens is 298 g/mol. The molecule has 1 saturated heterocycles. The van der Waals surface area contributed by atoms with Gasteiger partial charge in [0.15, 0.2) is 16.6 Å². The molecule has 1 N–H and O–H groups in total. The summed E-state index contributed by atoms with van der Waals surface area (Å²) in [6.45, 7) is 2.90. The summed E-state index contributed by atoms with van der Waals surface area (Å²) in [6.07, 6.45) is 7.25. The standard InChI is InChI=1S/C15H17N5OS/c1-5-16-6-2-12(1)11-20-8-3-15(4-9-20)18-13(19-21-15)14-17-7-10-22-14/h1-2,5-7,10H,3-4,8-9,11H2,(H,18,19). The van der Waals surface area contributed by atoms with Crippen LogP contribution in [0.25, 0.3) is 0 Å². The number of thiazole rings is 1. The van der Waals surface area contributed by atoms with Gasteiger partial charge in [-0.15, -0.1) is 11.3 Å². The number of nitrogens with one attached hydrogen (secondary N) is 1. The number of piperidine rings is 1. The quantitative estimate of drug-likeness (QED) is 0.936. The molecule has 2 aromatic heterocycles. The lowest BCUT2D eigenvalue weighted by Crippen LogP contribution is -2.44. The van der Waals surface area contributed by atoms with Crippen LogP contribution >= 0.6 is 11.3 Å². The fourth-order valence-electron chi connectivity index (χ4n) is 2.85. The van der Waals surface area contributed by atoms with Gasteiger partial charge in [-0.25, -0.2) is 20.3 Å². The van der Waals surface area contributed by atoms with E-state index in [-0.39, 0.29) is 0 Å². The second kappa shape index (κ2) is 5.75. The second-order valence-corrected chi connectivity index (χ2v) is 6.47. The van der Waals surface area contributed by atoms with Gasteiger partial charge in [-0.2, -0.15) is 0 Å². The first kappa shape index (κ1) is 13.8. The Morgan fingerprint density at radius 3 is 2.77 bits per heavy atom. The largest absolute Gasteiger partial charge is 0.299 e. The number of likely N-dealkylation sites (tertiary alicyclic amines) is 1. The molecule has 6 nitrogen and oxygen atoms in total. The van der Waals surface area contributed by atoms with Crippen LogP contribution in [-0.2, 0) is 11.4 Å². The molecule has 2 aliphatic heterocycles. The summed E-state index contributed by atoms with van der Waals surface area (Å²) in [5.41, 5.74) is 3.83. The van der Waals surface area contributed by atoms with Crippen LogP contribution in [0, 0.1) is 0 Å². The number of aromatic nitrogens is 2. The van der Waals surface area contributed by atoms with Crippen LogP contribution in [0.2, 0.25) is 0 Å². The Hall–Kier alpha value is -1.83. The van der Waals surface area contributed by atoms with Crippen LogP contribution < -0.4 is 5.48 Å². The van der Waals surface area contributed by atoms with Crippen molar-refractivity contribution in [3.05, 3.63) is 46.7 Å². The summed E-state index contributed by atoms with van der Waals surface area (Å²) >= 11 is 1.57. The number of hydrogen-bond donors (Lipinski definition) is 1. The molecular formula is C15H17N5OS. The van der Waals surface area contributed by atoms with Crippen LogP contribution in [0.1, 0.15) is 23.4 Å². The van der Waals surface area contributed by atoms with Crippen LogP contribution in [0.5, 0.6) is 0 Å². The fourth-order valence-corrected chi connectivity index (χ4v) is 3.42. The molecule has 0 aromatic carbocycles. The molecule has 0 bridgehead atoms. The zero-order valence-electron chi connectivity index (χ0n) is 12.1. The van der Waals surface area contributed by atoms with E-state index in [9.17, 15) is 0 Å². The molecule has 0 amide bonds. The van der Waals surface area contributed by atoms with Crippen LogP contribution in [0.4, 0.5) is 0 Å². The third-order valence-electron chi connectivity index (χ3n) is 4.08. The Labute approximate surface area is 132 Å². The summed E-state index contributed by atoms with van der Waals surface area (Å²) < 4.78 is 0. The van der Waals surface area contributed by atoms with Gasteiger partial charge in [0.2, 0.25) is 0 Å². The fraction of sp³-hybridized carbons (Fsp3) is 0.400. The molecule has 4 rings (SSSR count). The van der Waals surface area contributed by atoms with Gasteiger partial charge in [0.25, 0.3) is 0 Å². The topological polar surface area (TPSA) is 62.6 Å². The Morgan fingerprint density at radius 2 is 2.05 bits per heavy atom. The SMILES string of the molecule is c1cc(CN2CCC3(CC2)N=C(c2nccs2)NO3)ccn1. The summed E-state index contributed by atoms with van der Waals surface area (Å²) in [7, 11) is 0. The molecule has 114 valence electrons. The summed E-state index contributed by atoms with van der Waals surface area (Å²) in [6, 6.07) is 4.13. The molecule has 4 heterocycles. The molecule has 1 fully saturated rings. The highest BCUT2D eigenvalue weighted by Crippen LogP contribution is 2.31. The number of pyridine rings is 1. The highest BCUT2D eigenvalue weighted by atomic mass is 32.1. The molecule has 2 aromatic rings. The van der Waals surface area contributed by atoms with Crippen LogP contribution in [0.3, 0.4) is 0 Å². The normalized spacial score (nSPS) is 20.8. The number of nitrogens with zero attached hydrogens (tertiary/aromatic N) is 4. The highest BCUT2D eigenvalue weighted by Gasteiger charge is 2.40. The number of aliphatic imine (C=N–C) groups is 1.